The molecule has 0 radical (unpaired) electrons. The Kier molecular flexibility index (Phi) is 4.85. The average molecular weight is 329 g/mol. The Labute approximate surface area is 141 Å². The summed E-state index contributed by atoms with van der Waals surface area (Å²) in [6, 6.07) is 6.80. The number of hydrogen-bond donors (Lipinski definition) is 3. The third kappa shape index (κ3) is 3.94. The molecule has 1 aliphatic carbocycles. The van der Waals surface area contributed by atoms with Gasteiger partial charge in [0.05, 0.1) is 18.3 Å². The maximum Gasteiger partial charge on any atom is 0.220 e. The number of carbonyl (C=O) groups excluding carboxylic acids is 1. The minimum Gasteiger partial charge on any atom is -0.508 e. The van der Waals surface area contributed by atoms with Gasteiger partial charge in [0.15, 0.2) is 0 Å². The van der Waals surface area contributed by atoms with Crippen LogP contribution >= 0.6 is 0 Å². The molecule has 128 valence electrons. The smallest absolute Gasteiger partial charge is 0.220 e. The molecule has 1 heterocycles. The Balaban J connectivity index is 1.59. The van der Waals surface area contributed by atoms with Crippen molar-refractivity contribution in [2.45, 2.75) is 37.8 Å². The predicted octanol–water partition coefficient (Wildman–Crippen LogP) is 1.69. The van der Waals surface area contributed by atoms with Gasteiger partial charge in [0.1, 0.15) is 5.75 Å². The average Bonchev–Trinajstić information content (AvgIpc) is 2.96. The number of aliphatic hydroxyl groups is 1. The molecule has 3 N–H and O–H groups in total. The minimum absolute atomic E-state index is 0.0154. The lowest BCUT2D eigenvalue weighted by Crippen LogP contribution is -2.41. The summed E-state index contributed by atoms with van der Waals surface area (Å²) in [5.41, 5.74) is 1.99. The van der Waals surface area contributed by atoms with Crippen LogP contribution in [0.2, 0.25) is 0 Å². The summed E-state index contributed by atoms with van der Waals surface area (Å²) in [5.74, 6) is 0.462. The van der Waals surface area contributed by atoms with Crippen molar-refractivity contribution in [3.63, 3.8) is 0 Å². The van der Waals surface area contributed by atoms with Gasteiger partial charge in [-0.3, -0.25) is 9.48 Å². The molecule has 1 aliphatic rings. The van der Waals surface area contributed by atoms with Crippen LogP contribution in [0.3, 0.4) is 0 Å². The maximum atomic E-state index is 12.3. The van der Waals surface area contributed by atoms with E-state index in [0.29, 0.717) is 25.7 Å². The quantitative estimate of drug-likeness (QED) is 0.752. The van der Waals surface area contributed by atoms with Gasteiger partial charge in [-0.05, 0) is 42.9 Å². The van der Waals surface area contributed by atoms with E-state index in [1.54, 1.807) is 23.0 Å². The number of aromatic nitrogens is 2. The third-order valence-electron chi connectivity index (χ3n) is 4.60. The molecule has 2 aromatic rings. The highest BCUT2D eigenvalue weighted by molar-refractivity contribution is 5.76. The number of rotatable bonds is 6. The summed E-state index contributed by atoms with van der Waals surface area (Å²) in [7, 11) is 1.85. The SMILES string of the molecule is Cn1cc([C@H](NC(=O)CCc2ccc(O)cc2)C2CC(O)C2)cn1. The van der Waals surface area contributed by atoms with E-state index in [1.807, 2.05) is 25.4 Å². The molecule has 0 bridgehead atoms. The van der Waals surface area contributed by atoms with E-state index in [2.05, 4.69) is 10.4 Å². The standard InChI is InChI=1S/C18H23N3O3/c1-21-11-14(10-19-21)18(13-8-16(23)9-13)20-17(24)7-4-12-2-5-15(22)6-3-12/h2-3,5-6,10-11,13,16,18,22-23H,4,7-9H2,1H3,(H,20,24)/t13?,16?,18-/m1/s1. The predicted molar refractivity (Wildman–Crippen MR) is 89.3 cm³/mol. The number of phenols is 1. The first kappa shape index (κ1) is 16.5. The fourth-order valence-corrected chi connectivity index (χ4v) is 3.14. The summed E-state index contributed by atoms with van der Waals surface area (Å²) < 4.78 is 1.72. The molecule has 3 rings (SSSR count). The number of hydrogen-bond acceptors (Lipinski definition) is 4. The second-order valence-corrected chi connectivity index (χ2v) is 6.54. The van der Waals surface area contributed by atoms with Gasteiger partial charge in [-0.2, -0.15) is 5.10 Å². The monoisotopic (exact) mass is 329 g/mol. The number of carbonyl (C=O) groups is 1. The van der Waals surface area contributed by atoms with Crippen LogP contribution in [0, 0.1) is 5.92 Å². The van der Waals surface area contributed by atoms with E-state index < -0.39 is 0 Å². The van der Waals surface area contributed by atoms with Crippen molar-refractivity contribution < 1.29 is 15.0 Å². The topological polar surface area (TPSA) is 87.4 Å². The fraction of sp³-hybridized carbons (Fsp3) is 0.444. The Morgan fingerprint density at radius 2 is 2.08 bits per heavy atom. The van der Waals surface area contributed by atoms with Gasteiger partial charge < -0.3 is 15.5 Å². The van der Waals surface area contributed by atoms with Crippen molar-refractivity contribution >= 4 is 5.91 Å². The van der Waals surface area contributed by atoms with Crippen LogP contribution in [0.15, 0.2) is 36.7 Å². The number of aliphatic hydroxyl groups excluding tert-OH is 1. The number of aryl methyl sites for hydroxylation is 2. The summed E-state index contributed by atoms with van der Waals surface area (Å²) >= 11 is 0. The van der Waals surface area contributed by atoms with E-state index >= 15 is 0 Å². The van der Waals surface area contributed by atoms with E-state index in [-0.39, 0.29) is 29.7 Å². The Bertz CT molecular complexity index is 690. The third-order valence-corrected chi connectivity index (χ3v) is 4.60. The van der Waals surface area contributed by atoms with Crippen molar-refractivity contribution in [2.75, 3.05) is 0 Å². The number of nitrogens with zero attached hydrogens (tertiary/aromatic N) is 2. The minimum atomic E-state index is -0.261. The van der Waals surface area contributed by atoms with E-state index in [0.717, 1.165) is 11.1 Å². The first-order valence-electron chi connectivity index (χ1n) is 8.25. The van der Waals surface area contributed by atoms with Gasteiger partial charge in [0.2, 0.25) is 5.91 Å². The normalized spacial score (nSPS) is 21.1. The van der Waals surface area contributed by atoms with Crippen molar-refractivity contribution in [1.29, 1.82) is 0 Å². The lowest BCUT2D eigenvalue weighted by Gasteiger charge is -2.37. The Morgan fingerprint density at radius 3 is 2.67 bits per heavy atom. The largest absolute Gasteiger partial charge is 0.508 e. The van der Waals surface area contributed by atoms with Crippen LogP contribution in [0.5, 0.6) is 5.75 Å². The van der Waals surface area contributed by atoms with Crippen LogP contribution < -0.4 is 5.32 Å². The summed E-state index contributed by atoms with van der Waals surface area (Å²) in [6.45, 7) is 0. The summed E-state index contributed by atoms with van der Waals surface area (Å²) in [6.07, 6.45) is 5.85. The highest BCUT2D eigenvalue weighted by atomic mass is 16.3. The van der Waals surface area contributed by atoms with Crippen molar-refractivity contribution in [2.24, 2.45) is 13.0 Å². The molecule has 6 nitrogen and oxygen atoms in total. The summed E-state index contributed by atoms with van der Waals surface area (Å²) in [4.78, 5) is 12.3. The van der Waals surface area contributed by atoms with Gasteiger partial charge in [-0.15, -0.1) is 0 Å². The molecule has 1 fully saturated rings. The van der Waals surface area contributed by atoms with E-state index in [1.165, 1.54) is 0 Å². The lowest BCUT2D eigenvalue weighted by molar-refractivity contribution is -0.123. The number of benzene rings is 1. The lowest BCUT2D eigenvalue weighted by atomic mass is 9.75. The van der Waals surface area contributed by atoms with Gasteiger partial charge in [-0.25, -0.2) is 0 Å². The molecule has 1 aromatic heterocycles. The molecule has 6 heteroatoms. The number of amides is 1. The summed E-state index contributed by atoms with van der Waals surface area (Å²) in [5, 5.41) is 26.1. The van der Waals surface area contributed by atoms with Crippen LogP contribution in [0.4, 0.5) is 0 Å². The fourth-order valence-electron chi connectivity index (χ4n) is 3.14. The zero-order chi connectivity index (χ0) is 17.1. The van der Waals surface area contributed by atoms with Crippen LogP contribution in [-0.2, 0) is 18.3 Å². The van der Waals surface area contributed by atoms with Crippen LogP contribution in [0.1, 0.15) is 36.4 Å². The van der Waals surface area contributed by atoms with E-state index in [4.69, 9.17) is 0 Å². The molecule has 24 heavy (non-hydrogen) atoms. The van der Waals surface area contributed by atoms with Gasteiger partial charge in [0.25, 0.3) is 0 Å². The highest BCUT2D eigenvalue weighted by Gasteiger charge is 2.36. The van der Waals surface area contributed by atoms with Crippen LogP contribution in [0.25, 0.3) is 0 Å². The number of phenolic OH excluding ortho intramolecular Hbond substituents is 1. The highest BCUT2D eigenvalue weighted by Crippen LogP contribution is 2.38. The van der Waals surface area contributed by atoms with Gasteiger partial charge in [0, 0.05) is 25.2 Å². The Hall–Kier alpha value is -2.34. The molecule has 0 spiro atoms. The van der Waals surface area contributed by atoms with Gasteiger partial charge >= 0.3 is 0 Å². The molecule has 1 amide bonds. The zero-order valence-electron chi connectivity index (χ0n) is 13.7. The second kappa shape index (κ2) is 7.05. The molecule has 1 atom stereocenters. The maximum absolute atomic E-state index is 12.3. The zero-order valence-corrected chi connectivity index (χ0v) is 13.7. The number of nitrogens with one attached hydrogen (secondary N) is 1. The molecule has 1 aromatic carbocycles. The molecular formula is C18H23N3O3. The second-order valence-electron chi connectivity index (χ2n) is 6.54. The van der Waals surface area contributed by atoms with Crippen molar-refractivity contribution in [3.05, 3.63) is 47.8 Å². The molecule has 0 saturated heterocycles. The van der Waals surface area contributed by atoms with Gasteiger partial charge in [-0.1, -0.05) is 12.1 Å². The van der Waals surface area contributed by atoms with Crippen molar-refractivity contribution in [3.8, 4) is 5.75 Å². The molecule has 0 unspecified atom stereocenters. The molecule has 1 saturated carbocycles. The van der Waals surface area contributed by atoms with Crippen LogP contribution in [-0.4, -0.2) is 32.0 Å². The molecular weight excluding hydrogens is 306 g/mol. The van der Waals surface area contributed by atoms with Crippen molar-refractivity contribution in [1.82, 2.24) is 15.1 Å². The first-order chi connectivity index (χ1) is 11.5. The first-order valence-corrected chi connectivity index (χ1v) is 8.25. The Morgan fingerprint density at radius 1 is 1.38 bits per heavy atom. The van der Waals surface area contributed by atoms with E-state index in [9.17, 15) is 15.0 Å². The molecule has 0 aliphatic heterocycles. The number of aromatic hydroxyl groups is 1.